The molecule has 0 aromatic carbocycles. The molecule has 6 heteroatoms. The highest BCUT2D eigenvalue weighted by molar-refractivity contribution is 5.76. The summed E-state index contributed by atoms with van der Waals surface area (Å²) < 4.78 is 5.03. The van der Waals surface area contributed by atoms with Gasteiger partial charge in [0.05, 0.1) is 13.2 Å². The van der Waals surface area contributed by atoms with E-state index in [1.807, 2.05) is 0 Å². The van der Waals surface area contributed by atoms with E-state index in [-0.39, 0.29) is 5.91 Å². The maximum Gasteiger partial charge on any atom is 0.315 e. The zero-order valence-electron chi connectivity index (χ0n) is 10.0. The number of aliphatic carboxylic acids is 1. The molecule has 0 bridgehead atoms. The molecule has 2 aliphatic rings. The standard InChI is InChI=1S/C11H18N2O4/c1-9(14)13-4-2-12(3-5-13)6-11(10(15)16)7-17-8-11/h2-8H2,1H3,(H,15,16). The molecule has 96 valence electrons. The van der Waals surface area contributed by atoms with Gasteiger partial charge < -0.3 is 14.7 Å². The monoisotopic (exact) mass is 242 g/mol. The first kappa shape index (κ1) is 12.3. The van der Waals surface area contributed by atoms with Crippen LogP contribution in [0.1, 0.15) is 6.92 Å². The van der Waals surface area contributed by atoms with Crippen LogP contribution in [0.25, 0.3) is 0 Å². The SMILES string of the molecule is CC(=O)N1CCN(CC2(C(=O)O)COC2)CC1. The summed E-state index contributed by atoms with van der Waals surface area (Å²) in [4.78, 5) is 26.2. The van der Waals surface area contributed by atoms with Gasteiger partial charge in [0.25, 0.3) is 0 Å². The highest BCUT2D eigenvalue weighted by Gasteiger charge is 2.47. The van der Waals surface area contributed by atoms with Crippen molar-refractivity contribution in [3.63, 3.8) is 0 Å². The Labute approximate surface area is 100 Å². The molecule has 0 aromatic heterocycles. The van der Waals surface area contributed by atoms with Crippen LogP contribution in [0.15, 0.2) is 0 Å². The minimum absolute atomic E-state index is 0.0876. The molecule has 6 nitrogen and oxygen atoms in total. The van der Waals surface area contributed by atoms with Gasteiger partial charge in [-0.05, 0) is 0 Å². The van der Waals surface area contributed by atoms with Gasteiger partial charge in [0.2, 0.25) is 5.91 Å². The second kappa shape index (κ2) is 4.62. The van der Waals surface area contributed by atoms with Crippen molar-refractivity contribution in [1.82, 2.24) is 9.80 Å². The first-order valence-electron chi connectivity index (χ1n) is 5.82. The summed E-state index contributed by atoms with van der Waals surface area (Å²) in [5, 5.41) is 9.18. The second-order valence-electron chi connectivity index (χ2n) is 4.86. The lowest BCUT2D eigenvalue weighted by molar-refractivity contribution is -0.184. The Morgan fingerprint density at radius 1 is 1.24 bits per heavy atom. The summed E-state index contributed by atoms with van der Waals surface area (Å²) >= 11 is 0. The number of carboxylic acid groups (broad SMARTS) is 1. The molecule has 2 saturated heterocycles. The molecule has 0 radical (unpaired) electrons. The van der Waals surface area contributed by atoms with Crippen LogP contribution in [0.4, 0.5) is 0 Å². The molecule has 2 heterocycles. The number of amides is 1. The molecule has 2 rings (SSSR count). The molecule has 0 aromatic rings. The number of hydrogen-bond donors (Lipinski definition) is 1. The Balaban J connectivity index is 1.85. The van der Waals surface area contributed by atoms with Crippen LogP contribution < -0.4 is 0 Å². The minimum atomic E-state index is -0.780. The maximum absolute atomic E-state index is 11.2. The zero-order valence-corrected chi connectivity index (χ0v) is 10.0. The van der Waals surface area contributed by atoms with E-state index in [0.717, 1.165) is 13.1 Å². The van der Waals surface area contributed by atoms with E-state index in [1.54, 1.807) is 11.8 Å². The van der Waals surface area contributed by atoms with Crippen LogP contribution >= 0.6 is 0 Å². The number of nitrogens with zero attached hydrogens (tertiary/aromatic N) is 2. The molecule has 2 fully saturated rings. The fraction of sp³-hybridized carbons (Fsp3) is 0.818. The van der Waals surface area contributed by atoms with Crippen LogP contribution in [0.3, 0.4) is 0 Å². The normalized spacial score (nSPS) is 24.2. The topological polar surface area (TPSA) is 70.1 Å². The van der Waals surface area contributed by atoms with Crippen molar-refractivity contribution in [2.75, 3.05) is 45.9 Å². The predicted octanol–water partition coefficient (Wildman–Crippen LogP) is -0.748. The third-order valence-electron chi connectivity index (χ3n) is 3.55. The summed E-state index contributed by atoms with van der Waals surface area (Å²) in [6.45, 7) is 5.55. The average Bonchev–Trinajstić information content (AvgIpc) is 2.23. The first-order valence-corrected chi connectivity index (χ1v) is 5.82. The molecule has 0 aliphatic carbocycles. The second-order valence-corrected chi connectivity index (χ2v) is 4.86. The number of rotatable bonds is 3. The minimum Gasteiger partial charge on any atom is -0.481 e. The number of carbonyl (C=O) groups is 2. The molecule has 2 aliphatic heterocycles. The smallest absolute Gasteiger partial charge is 0.315 e. The Morgan fingerprint density at radius 2 is 1.82 bits per heavy atom. The lowest BCUT2D eigenvalue weighted by Crippen LogP contribution is -2.59. The van der Waals surface area contributed by atoms with Crippen LogP contribution in [0.2, 0.25) is 0 Å². The van der Waals surface area contributed by atoms with Crippen molar-refractivity contribution < 1.29 is 19.4 Å². The van der Waals surface area contributed by atoms with Gasteiger partial charge in [-0.15, -0.1) is 0 Å². The van der Waals surface area contributed by atoms with E-state index in [1.165, 1.54) is 0 Å². The van der Waals surface area contributed by atoms with Crippen LogP contribution in [0.5, 0.6) is 0 Å². The largest absolute Gasteiger partial charge is 0.481 e. The van der Waals surface area contributed by atoms with E-state index in [9.17, 15) is 14.7 Å². The van der Waals surface area contributed by atoms with Crippen molar-refractivity contribution in [1.29, 1.82) is 0 Å². The van der Waals surface area contributed by atoms with Crippen molar-refractivity contribution in [3.8, 4) is 0 Å². The molecule has 0 saturated carbocycles. The lowest BCUT2D eigenvalue weighted by Gasteiger charge is -2.43. The molecule has 0 unspecified atom stereocenters. The fourth-order valence-corrected chi connectivity index (χ4v) is 2.28. The van der Waals surface area contributed by atoms with Crippen molar-refractivity contribution >= 4 is 11.9 Å². The number of carboxylic acids is 1. The number of ether oxygens (including phenoxy) is 1. The van der Waals surface area contributed by atoms with E-state index < -0.39 is 11.4 Å². The fourth-order valence-electron chi connectivity index (χ4n) is 2.28. The molecule has 1 amide bonds. The maximum atomic E-state index is 11.2. The summed E-state index contributed by atoms with van der Waals surface area (Å²) in [5.41, 5.74) is -0.724. The van der Waals surface area contributed by atoms with Gasteiger partial charge in [0.15, 0.2) is 0 Å². The highest BCUT2D eigenvalue weighted by Crippen LogP contribution is 2.29. The third-order valence-corrected chi connectivity index (χ3v) is 3.55. The lowest BCUT2D eigenvalue weighted by atomic mass is 9.85. The number of carbonyl (C=O) groups excluding carboxylic acids is 1. The number of piperazine rings is 1. The summed E-state index contributed by atoms with van der Waals surface area (Å²) in [6.07, 6.45) is 0. The summed E-state index contributed by atoms with van der Waals surface area (Å²) in [5.74, 6) is -0.692. The predicted molar refractivity (Wildman–Crippen MR) is 59.6 cm³/mol. The van der Waals surface area contributed by atoms with Crippen LogP contribution in [0, 0.1) is 5.41 Å². The van der Waals surface area contributed by atoms with Gasteiger partial charge >= 0.3 is 5.97 Å². The Hall–Kier alpha value is -1.14. The number of hydrogen-bond acceptors (Lipinski definition) is 4. The zero-order chi connectivity index (χ0) is 12.5. The Kier molecular flexibility index (Phi) is 3.35. The van der Waals surface area contributed by atoms with Crippen molar-refractivity contribution in [2.24, 2.45) is 5.41 Å². The molecule has 17 heavy (non-hydrogen) atoms. The highest BCUT2D eigenvalue weighted by atomic mass is 16.5. The average molecular weight is 242 g/mol. The summed E-state index contributed by atoms with van der Waals surface area (Å²) in [7, 11) is 0. The van der Waals surface area contributed by atoms with Gasteiger partial charge in [-0.3, -0.25) is 14.5 Å². The molecule has 0 atom stereocenters. The van der Waals surface area contributed by atoms with Gasteiger partial charge in [0.1, 0.15) is 5.41 Å². The quantitative estimate of drug-likeness (QED) is 0.705. The van der Waals surface area contributed by atoms with E-state index in [4.69, 9.17) is 4.74 Å². The molecular formula is C11H18N2O4. The first-order chi connectivity index (χ1) is 8.03. The van der Waals surface area contributed by atoms with E-state index in [0.29, 0.717) is 32.8 Å². The van der Waals surface area contributed by atoms with Gasteiger partial charge in [-0.1, -0.05) is 0 Å². The van der Waals surface area contributed by atoms with Gasteiger partial charge in [0, 0.05) is 39.6 Å². The van der Waals surface area contributed by atoms with Crippen LogP contribution in [-0.4, -0.2) is 72.7 Å². The Bertz CT molecular complexity index is 319. The molecule has 0 spiro atoms. The van der Waals surface area contributed by atoms with E-state index in [2.05, 4.69) is 4.90 Å². The Morgan fingerprint density at radius 3 is 2.18 bits per heavy atom. The van der Waals surface area contributed by atoms with Gasteiger partial charge in [-0.2, -0.15) is 0 Å². The van der Waals surface area contributed by atoms with Crippen molar-refractivity contribution in [2.45, 2.75) is 6.92 Å². The molecular weight excluding hydrogens is 224 g/mol. The summed E-state index contributed by atoms with van der Waals surface area (Å²) in [6, 6.07) is 0. The molecule has 1 N–H and O–H groups in total. The van der Waals surface area contributed by atoms with E-state index >= 15 is 0 Å². The van der Waals surface area contributed by atoms with Gasteiger partial charge in [-0.25, -0.2) is 0 Å². The van der Waals surface area contributed by atoms with Crippen molar-refractivity contribution in [3.05, 3.63) is 0 Å². The van der Waals surface area contributed by atoms with Crippen LogP contribution in [-0.2, 0) is 14.3 Å². The third kappa shape index (κ3) is 2.42.